The van der Waals surface area contributed by atoms with E-state index in [0.717, 1.165) is 12.8 Å². The molecule has 4 heterocycles. The molecule has 15 N–H and O–H groups in total. The SMILES string of the molecule is CC1(C)CCC2(C(=O)O)CCC3(C)C(=CCC4C5(C)CCC(OC6OC(CO)C(OC7OC(CO)C(O)C(O)C7O)C(O)C6OC6OC(CO)C(O)C(O)C6OC6OC(CO)C(O)C(O)C6O)C(C)(C(=O)O)C5CCC43C)C2C1. The van der Waals surface area contributed by atoms with Crippen molar-refractivity contribution in [1.29, 1.82) is 0 Å². The first-order valence-corrected chi connectivity index (χ1v) is 28.0. The molecule has 4 saturated heterocycles. The number of allylic oxidation sites excluding steroid dienone is 2. The number of fused-ring (bicyclic) bond motifs is 7. The van der Waals surface area contributed by atoms with Crippen molar-refractivity contribution in [2.45, 2.75) is 235 Å². The van der Waals surface area contributed by atoms with Gasteiger partial charge in [-0.25, -0.2) is 0 Å². The first-order chi connectivity index (χ1) is 37.0. The average molecular weight is 1140 g/mol. The van der Waals surface area contributed by atoms with Crippen molar-refractivity contribution in [3.05, 3.63) is 11.6 Å². The van der Waals surface area contributed by atoms with E-state index in [2.05, 4.69) is 40.7 Å². The van der Waals surface area contributed by atoms with Crippen LogP contribution >= 0.6 is 0 Å². The Morgan fingerprint density at radius 3 is 1.53 bits per heavy atom. The van der Waals surface area contributed by atoms with Crippen molar-refractivity contribution in [1.82, 2.24) is 0 Å². The number of carboxylic acids is 2. The van der Waals surface area contributed by atoms with E-state index in [1.165, 1.54) is 5.57 Å². The van der Waals surface area contributed by atoms with E-state index in [1.54, 1.807) is 6.92 Å². The Bertz CT molecular complexity index is 2220. The molecule has 4 saturated carbocycles. The zero-order chi connectivity index (χ0) is 57.9. The summed E-state index contributed by atoms with van der Waals surface area (Å²) >= 11 is 0. The van der Waals surface area contributed by atoms with E-state index in [4.69, 9.17) is 37.9 Å². The fraction of sp³-hybridized carbons (Fsp3) is 0.926. The summed E-state index contributed by atoms with van der Waals surface area (Å²) in [7, 11) is 0. The second kappa shape index (κ2) is 22.4. The molecule has 9 aliphatic rings. The summed E-state index contributed by atoms with van der Waals surface area (Å²) in [4.78, 5) is 27.5. The van der Waals surface area contributed by atoms with E-state index in [0.29, 0.717) is 44.9 Å². The van der Waals surface area contributed by atoms with Crippen LogP contribution in [-0.4, -0.2) is 244 Å². The predicted octanol–water partition coefficient (Wildman–Crippen LogP) is -2.40. The molecule has 0 radical (unpaired) electrons. The molecular weight excluding hydrogens is 1050 g/mol. The van der Waals surface area contributed by atoms with Gasteiger partial charge in [-0.05, 0) is 111 Å². The minimum atomic E-state index is -2.12. The molecule has 25 nitrogen and oxygen atoms in total. The maximum atomic E-state index is 14.2. The van der Waals surface area contributed by atoms with E-state index in [1.807, 2.05) is 0 Å². The number of hydrogen-bond acceptors (Lipinski definition) is 23. The fourth-order valence-electron chi connectivity index (χ4n) is 16.6. The summed E-state index contributed by atoms with van der Waals surface area (Å²) in [5.41, 5.74) is -2.78. The van der Waals surface area contributed by atoms with Crippen molar-refractivity contribution in [2.24, 2.45) is 50.2 Å². The Labute approximate surface area is 457 Å². The van der Waals surface area contributed by atoms with E-state index in [9.17, 15) is 86.2 Å². The largest absolute Gasteiger partial charge is 0.481 e. The predicted molar refractivity (Wildman–Crippen MR) is 265 cm³/mol. The highest BCUT2D eigenvalue weighted by Crippen LogP contribution is 2.76. The summed E-state index contributed by atoms with van der Waals surface area (Å²) in [6, 6.07) is 0. The monoisotopic (exact) mass is 1130 g/mol. The smallest absolute Gasteiger partial charge is 0.312 e. The molecule has 4 aliphatic heterocycles. The first kappa shape index (κ1) is 61.4. The van der Waals surface area contributed by atoms with Gasteiger partial charge in [-0.1, -0.05) is 46.3 Å². The molecule has 0 aromatic rings. The average Bonchev–Trinajstić information content (AvgIpc) is 3.60. The minimum Gasteiger partial charge on any atom is -0.481 e. The Morgan fingerprint density at radius 1 is 0.506 bits per heavy atom. The third-order valence-corrected chi connectivity index (χ3v) is 21.6. The van der Waals surface area contributed by atoms with Crippen molar-refractivity contribution < 1.29 is 124 Å². The fourth-order valence-corrected chi connectivity index (χ4v) is 16.6. The van der Waals surface area contributed by atoms with Crippen LogP contribution in [0, 0.1) is 50.2 Å². The summed E-state index contributed by atoms with van der Waals surface area (Å²) in [6.45, 7) is 9.10. The Hall–Kier alpha value is -2.16. The lowest BCUT2D eigenvalue weighted by molar-refractivity contribution is -0.407. The number of ether oxygens (including phenoxy) is 8. The summed E-state index contributed by atoms with van der Waals surface area (Å²) in [5, 5.41) is 163. The lowest BCUT2D eigenvalue weighted by Gasteiger charge is -2.71. The summed E-state index contributed by atoms with van der Waals surface area (Å²) < 4.78 is 48.5. The molecule has 0 spiro atoms. The van der Waals surface area contributed by atoms with Gasteiger partial charge in [-0.15, -0.1) is 0 Å². The number of hydrogen-bond donors (Lipinski definition) is 15. The van der Waals surface area contributed by atoms with Gasteiger partial charge in [0.15, 0.2) is 25.2 Å². The molecule has 29 unspecified atom stereocenters. The topological polar surface area (TPSA) is 411 Å². The van der Waals surface area contributed by atoms with Crippen LogP contribution in [0.3, 0.4) is 0 Å². The van der Waals surface area contributed by atoms with E-state index < -0.39 is 189 Å². The van der Waals surface area contributed by atoms with Crippen molar-refractivity contribution in [3.63, 3.8) is 0 Å². The Morgan fingerprint density at radius 2 is 0.987 bits per heavy atom. The molecule has 0 aromatic heterocycles. The molecule has 0 amide bonds. The van der Waals surface area contributed by atoms with E-state index >= 15 is 0 Å². The van der Waals surface area contributed by atoms with Gasteiger partial charge in [-0.2, -0.15) is 0 Å². The summed E-state index contributed by atoms with van der Waals surface area (Å²) in [5.74, 6) is -2.70. The van der Waals surface area contributed by atoms with Crippen molar-refractivity contribution in [3.8, 4) is 0 Å². The third kappa shape index (κ3) is 9.85. The summed E-state index contributed by atoms with van der Waals surface area (Å²) in [6.07, 6.45) is -31.1. The second-order valence-corrected chi connectivity index (χ2v) is 26.0. The van der Waals surface area contributed by atoms with Gasteiger partial charge in [0.25, 0.3) is 0 Å². The van der Waals surface area contributed by atoms with Crippen molar-refractivity contribution in [2.75, 3.05) is 26.4 Å². The van der Waals surface area contributed by atoms with Crippen LogP contribution in [0.1, 0.15) is 106 Å². The number of aliphatic hydroxyl groups is 13. The van der Waals surface area contributed by atoms with Crippen LogP contribution in [0.15, 0.2) is 11.6 Å². The number of aliphatic carboxylic acids is 2. The molecule has 452 valence electrons. The third-order valence-electron chi connectivity index (χ3n) is 21.6. The van der Waals surface area contributed by atoms with Crippen LogP contribution in [0.4, 0.5) is 0 Å². The first-order valence-electron chi connectivity index (χ1n) is 28.0. The standard InChI is InChI=1S/C54H86O25/c1-49(2)13-15-54(48(70)71)16-14-51(4)22(23(54)17-49)7-8-28-50(3)11-10-30(53(6,47(68)69)29(50)9-12-52(28,51)5)76-45-42(39(67)40(27(21-58)75-45)77-43-37(65)34(62)31(59)24(18-55)72-43)79-46-41(36(64)33(61)26(20-57)74-46)78-44-38(66)35(63)32(60)25(19-56)73-44/h7,23-46,55-67H,8-21H2,1-6H3,(H,68,69)(H,70,71). The van der Waals surface area contributed by atoms with Gasteiger partial charge in [0, 0.05) is 0 Å². The lowest BCUT2D eigenvalue weighted by Crippen LogP contribution is -2.69. The molecule has 29 atom stereocenters. The van der Waals surface area contributed by atoms with Gasteiger partial charge in [-0.3, -0.25) is 9.59 Å². The minimum absolute atomic E-state index is 0.0469. The van der Waals surface area contributed by atoms with Crippen molar-refractivity contribution >= 4 is 11.9 Å². The van der Waals surface area contributed by atoms with E-state index in [-0.39, 0.29) is 34.5 Å². The number of aliphatic hydroxyl groups excluding tert-OH is 13. The highest BCUT2D eigenvalue weighted by Gasteiger charge is 2.72. The van der Waals surface area contributed by atoms with Crippen LogP contribution in [0.5, 0.6) is 0 Å². The second-order valence-electron chi connectivity index (χ2n) is 26.0. The van der Waals surface area contributed by atoms with Gasteiger partial charge < -0.3 is 114 Å². The Kier molecular flexibility index (Phi) is 17.4. The van der Waals surface area contributed by atoms with Crippen LogP contribution in [0.25, 0.3) is 0 Å². The molecule has 25 heteroatoms. The zero-order valence-corrected chi connectivity index (χ0v) is 45.6. The molecule has 79 heavy (non-hydrogen) atoms. The molecular formula is C54H86O25. The number of rotatable bonds is 14. The maximum absolute atomic E-state index is 14.2. The van der Waals surface area contributed by atoms with Crippen LogP contribution in [0.2, 0.25) is 0 Å². The normalized spacial score (nSPS) is 53.6. The van der Waals surface area contributed by atoms with Crippen LogP contribution in [-0.2, 0) is 47.5 Å². The lowest BCUT2D eigenvalue weighted by atomic mass is 9.33. The van der Waals surface area contributed by atoms with Gasteiger partial charge >= 0.3 is 11.9 Å². The molecule has 9 rings (SSSR count). The number of carboxylic acid groups (broad SMARTS) is 2. The van der Waals surface area contributed by atoms with Gasteiger partial charge in [0.05, 0.1) is 43.4 Å². The highest BCUT2D eigenvalue weighted by atomic mass is 16.8. The van der Waals surface area contributed by atoms with Gasteiger partial charge in [0.1, 0.15) is 97.7 Å². The molecule has 0 aromatic carbocycles. The zero-order valence-electron chi connectivity index (χ0n) is 45.6. The molecule has 5 aliphatic carbocycles. The molecule has 0 bridgehead atoms. The molecule has 8 fully saturated rings. The maximum Gasteiger partial charge on any atom is 0.312 e. The Balaban J connectivity index is 1.05. The highest BCUT2D eigenvalue weighted by molar-refractivity contribution is 5.77. The van der Waals surface area contributed by atoms with Crippen LogP contribution < -0.4 is 0 Å². The number of carbonyl (C=O) groups is 2. The van der Waals surface area contributed by atoms with Gasteiger partial charge in [0.2, 0.25) is 0 Å². The quantitative estimate of drug-likeness (QED) is 0.0636.